The van der Waals surface area contributed by atoms with E-state index in [0.717, 1.165) is 16.7 Å². The summed E-state index contributed by atoms with van der Waals surface area (Å²) in [7, 11) is 0. The van der Waals surface area contributed by atoms with E-state index < -0.39 is 0 Å². The largest absolute Gasteiger partial charge is 0.492 e. The number of benzene rings is 1. The Hall–Kier alpha value is -2.30. The maximum Gasteiger partial charge on any atom is 0.315 e. The van der Waals surface area contributed by atoms with Gasteiger partial charge in [-0.25, -0.2) is 4.79 Å². The zero-order valence-corrected chi connectivity index (χ0v) is 11.7. The number of amides is 2. The molecule has 0 atom stereocenters. The Morgan fingerprint density at radius 1 is 1.35 bits per heavy atom. The lowest BCUT2D eigenvalue weighted by atomic mass is 10.2. The van der Waals surface area contributed by atoms with Gasteiger partial charge in [0.2, 0.25) is 0 Å². The van der Waals surface area contributed by atoms with Gasteiger partial charge < -0.3 is 15.4 Å². The van der Waals surface area contributed by atoms with Crippen LogP contribution in [0.2, 0.25) is 0 Å². The van der Waals surface area contributed by atoms with Gasteiger partial charge in [-0.05, 0) is 38.1 Å². The molecule has 0 unspecified atom stereocenters. The zero-order chi connectivity index (χ0) is 14.4. The summed E-state index contributed by atoms with van der Waals surface area (Å²) in [6, 6.07) is 9.58. The van der Waals surface area contributed by atoms with Crippen LogP contribution in [0.4, 0.5) is 4.79 Å². The van der Waals surface area contributed by atoms with E-state index in [0.29, 0.717) is 13.2 Å². The smallest absolute Gasteiger partial charge is 0.315 e. The molecule has 2 rings (SSSR count). The average molecular weight is 273 g/mol. The van der Waals surface area contributed by atoms with Gasteiger partial charge in [-0.2, -0.15) is 0 Å². The molecule has 106 valence electrons. The second-order valence-electron chi connectivity index (χ2n) is 4.76. The van der Waals surface area contributed by atoms with Crippen LogP contribution in [-0.4, -0.2) is 30.2 Å². The van der Waals surface area contributed by atoms with Gasteiger partial charge in [-0.3, -0.25) is 4.98 Å². The van der Waals surface area contributed by atoms with Crippen molar-refractivity contribution in [3.8, 4) is 5.75 Å². The van der Waals surface area contributed by atoms with Gasteiger partial charge in [0.25, 0.3) is 0 Å². The number of ether oxygens (including phenoxy) is 1. The standard InChI is InChI=1S/C15H19N3O2/c1-11(2)18-15(19)17-8-9-20-13-5-6-14-12(10-13)4-3-7-16-14/h3-7,10-11H,8-9H2,1-2H3,(H2,17,18,19). The summed E-state index contributed by atoms with van der Waals surface area (Å²) in [5.74, 6) is 0.775. The SMILES string of the molecule is CC(C)NC(=O)NCCOc1ccc2ncccc2c1. The number of carbonyl (C=O) groups is 1. The van der Waals surface area contributed by atoms with E-state index in [1.807, 2.05) is 44.2 Å². The van der Waals surface area contributed by atoms with Crippen molar-refractivity contribution in [2.75, 3.05) is 13.2 Å². The van der Waals surface area contributed by atoms with Crippen molar-refractivity contribution < 1.29 is 9.53 Å². The molecule has 0 aliphatic heterocycles. The van der Waals surface area contributed by atoms with Crippen LogP contribution in [0.25, 0.3) is 10.9 Å². The third kappa shape index (κ3) is 4.12. The van der Waals surface area contributed by atoms with Crippen LogP contribution in [0.5, 0.6) is 5.75 Å². The molecular formula is C15H19N3O2. The van der Waals surface area contributed by atoms with Crippen molar-refractivity contribution in [1.82, 2.24) is 15.6 Å². The number of rotatable bonds is 5. The number of hydrogen-bond donors (Lipinski definition) is 2. The molecule has 1 aromatic heterocycles. The number of fused-ring (bicyclic) bond motifs is 1. The van der Waals surface area contributed by atoms with E-state index in [4.69, 9.17) is 4.74 Å². The molecule has 5 nitrogen and oxygen atoms in total. The second kappa shape index (κ2) is 6.75. The summed E-state index contributed by atoms with van der Waals surface area (Å²) in [6.07, 6.45) is 1.76. The maximum atomic E-state index is 11.4. The first-order valence-electron chi connectivity index (χ1n) is 6.67. The van der Waals surface area contributed by atoms with E-state index in [1.165, 1.54) is 0 Å². The van der Waals surface area contributed by atoms with E-state index in [1.54, 1.807) is 6.20 Å². The number of pyridine rings is 1. The molecule has 0 saturated heterocycles. The number of nitrogens with zero attached hydrogens (tertiary/aromatic N) is 1. The van der Waals surface area contributed by atoms with E-state index in [2.05, 4.69) is 15.6 Å². The van der Waals surface area contributed by atoms with Crippen LogP contribution in [0.1, 0.15) is 13.8 Å². The molecule has 5 heteroatoms. The predicted octanol–water partition coefficient (Wildman–Crippen LogP) is 2.32. The topological polar surface area (TPSA) is 63.2 Å². The van der Waals surface area contributed by atoms with Gasteiger partial charge >= 0.3 is 6.03 Å². The zero-order valence-electron chi connectivity index (χ0n) is 11.7. The average Bonchev–Trinajstić information content (AvgIpc) is 2.43. The fourth-order valence-electron chi connectivity index (χ4n) is 1.79. The molecule has 20 heavy (non-hydrogen) atoms. The predicted molar refractivity (Wildman–Crippen MR) is 78.9 cm³/mol. The number of urea groups is 1. The van der Waals surface area contributed by atoms with Crippen LogP contribution in [0.3, 0.4) is 0 Å². The van der Waals surface area contributed by atoms with Gasteiger partial charge in [0.05, 0.1) is 12.1 Å². The van der Waals surface area contributed by atoms with E-state index in [9.17, 15) is 4.79 Å². The van der Waals surface area contributed by atoms with Gasteiger partial charge in [-0.15, -0.1) is 0 Å². The van der Waals surface area contributed by atoms with Crippen LogP contribution < -0.4 is 15.4 Å². The molecule has 0 aliphatic rings. The molecule has 0 spiro atoms. The van der Waals surface area contributed by atoms with Gasteiger partial charge in [0, 0.05) is 17.6 Å². The molecule has 2 aromatic rings. The molecule has 0 radical (unpaired) electrons. The van der Waals surface area contributed by atoms with Crippen molar-refractivity contribution >= 4 is 16.9 Å². The number of carbonyl (C=O) groups excluding carboxylic acids is 1. The fourth-order valence-corrected chi connectivity index (χ4v) is 1.79. The molecule has 2 amide bonds. The highest BCUT2D eigenvalue weighted by molar-refractivity contribution is 5.79. The second-order valence-corrected chi connectivity index (χ2v) is 4.76. The Morgan fingerprint density at radius 3 is 3.00 bits per heavy atom. The minimum atomic E-state index is -0.175. The minimum Gasteiger partial charge on any atom is -0.492 e. The summed E-state index contributed by atoms with van der Waals surface area (Å²) < 4.78 is 5.60. The lowest BCUT2D eigenvalue weighted by molar-refractivity contribution is 0.234. The van der Waals surface area contributed by atoms with Crippen LogP contribution in [-0.2, 0) is 0 Å². The highest BCUT2D eigenvalue weighted by Gasteiger charge is 2.02. The highest BCUT2D eigenvalue weighted by atomic mass is 16.5. The summed E-state index contributed by atoms with van der Waals surface area (Å²) >= 11 is 0. The third-order valence-corrected chi connectivity index (χ3v) is 2.65. The van der Waals surface area contributed by atoms with Gasteiger partial charge in [-0.1, -0.05) is 6.07 Å². The highest BCUT2D eigenvalue weighted by Crippen LogP contribution is 2.18. The minimum absolute atomic E-state index is 0.129. The first-order valence-corrected chi connectivity index (χ1v) is 6.67. The van der Waals surface area contributed by atoms with Crippen LogP contribution in [0.15, 0.2) is 36.5 Å². The molecule has 2 N–H and O–H groups in total. The van der Waals surface area contributed by atoms with Crippen molar-refractivity contribution in [1.29, 1.82) is 0 Å². The molecular weight excluding hydrogens is 254 g/mol. The lowest BCUT2D eigenvalue weighted by Crippen LogP contribution is -2.41. The lowest BCUT2D eigenvalue weighted by Gasteiger charge is -2.11. The number of hydrogen-bond acceptors (Lipinski definition) is 3. The maximum absolute atomic E-state index is 11.4. The monoisotopic (exact) mass is 273 g/mol. The van der Waals surface area contributed by atoms with E-state index in [-0.39, 0.29) is 12.1 Å². The summed E-state index contributed by atoms with van der Waals surface area (Å²) in [6.45, 7) is 4.72. The van der Waals surface area contributed by atoms with Gasteiger partial charge in [0.15, 0.2) is 0 Å². The normalized spacial score (nSPS) is 10.6. The van der Waals surface area contributed by atoms with Crippen LogP contribution in [0, 0.1) is 0 Å². The summed E-state index contributed by atoms with van der Waals surface area (Å²) in [5.41, 5.74) is 0.939. The third-order valence-electron chi connectivity index (χ3n) is 2.65. The fraction of sp³-hybridized carbons (Fsp3) is 0.333. The molecule has 0 saturated carbocycles. The van der Waals surface area contributed by atoms with Crippen LogP contribution >= 0.6 is 0 Å². The van der Waals surface area contributed by atoms with Gasteiger partial charge in [0.1, 0.15) is 12.4 Å². The molecule has 0 bridgehead atoms. The molecule has 1 aromatic carbocycles. The summed E-state index contributed by atoms with van der Waals surface area (Å²) in [4.78, 5) is 15.6. The van der Waals surface area contributed by atoms with Crippen molar-refractivity contribution in [2.45, 2.75) is 19.9 Å². The first-order chi connectivity index (χ1) is 9.65. The number of aromatic nitrogens is 1. The first kappa shape index (κ1) is 14.1. The van der Waals surface area contributed by atoms with E-state index >= 15 is 0 Å². The van der Waals surface area contributed by atoms with Crippen molar-refractivity contribution in [3.63, 3.8) is 0 Å². The quantitative estimate of drug-likeness (QED) is 0.822. The molecule has 1 heterocycles. The summed E-state index contributed by atoms with van der Waals surface area (Å²) in [5, 5.41) is 6.52. The number of nitrogens with one attached hydrogen (secondary N) is 2. The molecule has 0 fully saturated rings. The Balaban J connectivity index is 1.79. The Bertz CT molecular complexity index is 584. The van der Waals surface area contributed by atoms with Crippen molar-refractivity contribution in [3.05, 3.63) is 36.5 Å². The Kier molecular flexibility index (Phi) is 4.76. The molecule has 0 aliphatic carbocycles. The van der Waals surface area contributed by atoms with Crippen molar-refractivity contribution in [2.24, 2.45) is 0 Å². The Labute approximate surface area is 118 Å². The Morgan fingerprint density at radius 2 is 2.20 bits per heavy atom.